The second kappa shape index (κ2) is 10.9. The number of para-hydroxylation sites is 1. The Morgan fingerprint density at radius 2 is 1.96 bits per heavy atom. The molecule has 3 rings (SSSR count). The molecule has 1 aromatic rings. The van der Waals surface area contributed by atoms with Gasteiger partial charge in [0.25, 0.3) is 5.91 Å². The maximum Gasteiger partial charge on any atom is 0.251 e. The SMILES string of the molecule is CCNC(=NCCCOc1ccccc1)N1CCN(C(=O)C2CCCO2)CC1. The van der Waals surface area contributed by atoms with Gasteiger partial charge in [-0.2, -0.15) is 0 Å². The van der Waals surface area contributed by atoms with Crippen molar-refractivity contribution in [1.29, 1.82) is 0 Å². The van der Waals surface area contributed by atoms with Gasteiger partial charge in [-0.1, -0.05) is 18.2 Å². The number of hydrogen-bond acceptors (Lipinski definition) is 4. The number of nitrogens with zero attached hydrogens (tertiary/aromatic N) is 3. The van der Waals surface area contributed by atoms with E-state index in [0.29, 0.717) is 19.8 Å². The van der Waals surface area contributed by atoms with Crippen LogP contribution >= 0.6 is 0 Å². The van der Waals surface area contributed by atoms with Crippen LogP contribution < -0.4 is 10.1 Å². The Balaban J connectivity index is 1.42. The Morgan fingerprint density at radius 3 is 2.64 bits per heavy atom. The van der Waals surface area contributed by atoms with Crippen molar-refractivity contribution in [3.63, 3.8) is 0 Å². The summed E-state index contributed by atoms with van der Waals surface area (Å²) in [6.07, 6.45) is 2.48. The van der Waals surface area contributed by atoms with E-state index in [2.05, 4.69) is 17.1 Å². The summed E-state index contributed by atoms with van der Waals surface area (Å²) in [6.45, 7) is 8.01. The molecule has 7 heteroatoms. The van der Waals surface area contributed by atoms with Crippen molar-refractivity contribution in [1.82, 2.24) is 15.1 Å². The van der Waals surface area contributed by atoms with Gasteiger partial charge < -0.3 is 24.6 Å². The van der Waals surface area contributed by atoms with Crippen molar-refractivity contribution in [2.45, 2.75) is 32.3 Å². The fraction of sp³-hybridized carbons (Fsp3) is 0.619. The van der Waals surface area contributed by atoms with Gasteiger partial charge in [0.05, 0.1) is 6.61 Å². The highest BCUT2D eigenvalue weighted by Gasteiger charge is 2.30. The lowest BCUT2D eigenvalue weighted by Gasteiger charge is -2.37. The van der Waals surface area contributed by atoms with E-state index >= 15 is 0 Å². The van der Waals surface area contributed by atoms with Crippen LogP contribution in [0.4, 0.5) is 0 Å². The Bertz CT molecular complexity index is 624. The first-order chi connectivity index (χ1) is 13.8. The number of ether oxygens (including phenoxy) is 2. The van der Waals surface area contributed by atoms with Crippen molar-refractivity contribution in [2.75, 3.05) is 52.5 Å². The molecule has 28 heavy (non-hydrogen) atoms. The van der Waals surface area contributed by atoms with Gasteiger partial charge in [-0.05, 0) is 31.9 Å². The van der Waals surface area contributed by atoms with Crippen molar-refractivity contribution in [2.24, 2.45) is 4.99 Å². The molecule has 1 unspecified atom stereocenters. The molecular formula is C21H32N4O3. The largest absolute Gasteiger partial charge is 0.494 e. The smallest absolute Gasteiger partial charge is 0.251 e. The van der Waals surface area contributed by atoms with Gasteiger partial charge >= 0.3 is 0 Å². The van der Waals surface area contributed by atoms with E-state index in [4.69, 9.17) is 14.5 Å². The fourth-order valence-corrected chi connectivity index (χ4v) is 3.50. The predicted octanol–water partition coefficient (Wildman–Crippen LogP) is 1.74. The van der Waals surface area contributed by atoms with Crippen LogP contribution in [0.1, 0.15) is 26.2 Å². The number of carbonyl (C=O) groups is 1. The minimum atomic E-state index is -0.224. The molecular weight excluding hydrogens is 356 g/mol. The van der Waals surface area contributed by atoms with Crippen LogP contribution in [0, 0.1) is 0 Å². The zero-order valence-electron chi connectivity index (χ0n) is 16.8. The van der Waals surface area contributed by atoms with E-state index in [1.54, 1.807) is 0 Å². The summed E-state index contributed by atoms with van der Waals surface area (Å²) in [5, 5.41) is 3.37. The van der Waals surface area contributed by atoms with Gasteiger partial charge in [-0.25, -0.2) is 0 Å². The molecule has 2 aliphatic rings. The third-order valence-electron chi connectivity index (χ3n) is 5.01. The van der Waals surface area contributed by atoms with Crippen LogP contribution in [0.3, 0.4) is 0 Å². The number of nitrogens with one attached hydrogen (secondary N) is 1. The standard InChI is InChI=1S/C21H32N4O3/c1-2-22-21(23-11-7-17-27-18-8-4-3-5-9-18)25-14-12-24(13-15-25)20(26)19-10-6-16-28-19/h3-5,8-9,19H,2,6-7,10-17H2,1H3,(H,22,23). The summed E-state index contributed by atoms with van der Waals surface area (Å²) in [7, 11) is 0. The number of carbonyl (C=O) groups excluding carboxylic acids is 1. The molecule has 154 valence electrons. The number of guanidine groups is 1. The Kier molecular flexibility index (Phi) is 7.96. The molecule has 0 bridgehead atoms. The molecule has 1 atom stereocenters. The number of aliphatic imine (C=N–C) groups is 1. The van der Waals surface area contributed by atoms with Gasteiger partial charge in [-0.15, -0.1) is 0 Å². The second-order valence-electron chi connectivity index (χ2n) is 7.06. The number of rotatable bonds is 7. The molecule has 0 saturated carbocycles. The third-order valence-corrected chi connectivity index (χ3v) is 5.01. The number of hydrogen-bond donors (Lipinski definition) is 1. The second-order valence-corrected chi connectivity index (χ2v) is 7.06. The van der Waals surface area contributed by atoms with Crippen molar-refractivity contribution < 1.29 is 14.3 Å². The maximum atomic E-state index is 12.5. The monoisotopic (exact) mass is 388 g/mol. The van der Waals surface area contributed by atoms with Crippen LogP contribution in [0.5, 0.6) is 5.75 Å². The van der Waals surface area contributed by atoms with E-state index in [1.165, 1.54) is 0 Å². The highest BCUT2D eigenvalue weighted by Crippen LogP contribution is 2.16. The average Bonchev–Trinajstić information content (AvgIpc) is 3.28. The summed E-state index contributed by atoms with van der Waals surface area (Å²) >= 11 is 0. The Hall–Kier alpha value is -2.28. The van der Waals surface area contributed by atoms with E-state index < -0.39 is 0 Å². The highest BCUT2D eigenvalue weighted by molar-refractivity contribution is 5.82. The van der Waals surface area contributed by atoms with Gasteiger partial charge in [0.1, 0.15) is 11.9 Å². The molecule has 2 fully saturated rings. The van der Waals surface area contributed by atoms with E-state index in [1.807, 2.05) is 35.2 Å². The van der Waals surface area contributed by atoms with Crippen LogP contribution in [0.15, 0.2) is 35.3 Å². The Labute approximate surface area is 167 Å². The molecule has 0 radical (unpaired) electrons. The lowest BCUT2D eigenvalue weighted by atomic mass is 10.2. The van der Waals surface area contributed by atoms with Gasteiger partial charge in [0.15, 0.2) is 5.96 Å². The van der Waals surface area contributed by atoms with Crippen molar-refractivity contribution in [3.8, 4) is 5.75 Å². The fourth-order valence-electron chi connectivity index (χ4n) is 3.50. The van der Waals surface area contributed by atoms with Gasteiger partial charge in [0.2, 0.25) is 0 Å². The predicted molar refractivity (Wildman–Crippen MR) is 110 cm³/mol. The van der Waals surface area contributed by atoms with Crippen LogP contribution in [0.25, 0.3) is 0 Å². The summed E-state index contributed by atoms with van der Waals surface area (Å²) in [5.74, 6) is 1.97. The third kappa shape index (κ3) is 5.86. The molecule has 1 N–H and O–H groups in total. The molecule has 1 amide bonds. The first-order valence-electron chi connectivity index (χ1n) is 10.4. The summed E-state index contributed by atoms with van der Waals surface area (Å²) < 4.78 is 11.3. The quantitative estimate of drug-likeness (QED) is 0.438. The minimum Gasteiger partial charge on any atom is -0.494 e. The number of amides is 1. The lowest BCUT2D eigenvalue weighted by molar-refractivity contribution is -0.142. The molecule has 1 aromatic carbocycles. The Morgan fingerprint density at radius 1 is 1.21 bits per heavy atom. The molecule has 2 saturated heterocycles. The molecule has 0 spiro atoms. The van der Waals surface area contributed by atoms with E-state index in [9.17, 15) is 4.79 Å². The summed E-state index contributed by atoms with van der Waals surface area (Å²) in [4.78, 5) is 21.4. The first kappa shape index (κ1) is 20.5. The number of benzene rings is 1. The number of piperazine rings is 1. The maximum absolute atomic E-state index is 12.5. The topological polar surface area (TPSA) is 66.4 Å². The molecule has 7 nitrogen and oxygen atoms in total. The van der Waals surface area contributed by atoms with Crippen molar-refractivity contribution in [3.05, 3.63) is 30.3 Å². The normalized spacial score (nSPS) is 20.3. The molecule has 0 aliphatic carbocycles. The summed E-state index contributed by atoms with van der Waals surface area (Å²) in [6, 6.07) is 9.85. The van der Waals surface area contributed by atoms with Crippen molar-refractivity contribution >= 4 is 11.9 Å². The van der Waals surface area contributed by atoms with Gasteiger partial charge in [0, 0.05) is 52.3 Å². The molecule has 2 heterocycles. The van der Waals surface area contributed by atoms with E-state index in [0.717, 1.165) is 63.7 Å². The zero-order valence-corrected chi connectivity index (χ0v) is 16.8. The van der Waals surface area contributed by atoms with Gasteiger partial charge in [-0.3, -0.25) is 9.79 Å². The summed E-state index contributed by atoms with van der Waals surface area (Å²) in [5.41, 5.74) is 0. The highest BCUT2D eigenvalue weighted by atomic mass is 16.5. The van der Waals surface area contributed by atoms with Crippen LogP contribution in [-0.2, 0) is 9.53 Å². The zero-order chi connectivity index (χ0) is 19.6. The lowest BCUT2D eigenvalue weighted by Crippen LogP contribution is -2.55. The van der Waals surface area contributed by atoms with Crippen LogP contribution in [-0.4, -0.2) is 80.3 Å². The van der Waals surface area contributed by atoms with E-state index in [-0.39, 0.29) is 12.0 Å². The first-order valence-corrected chi connectivity index (χ1v) is 10.4. The minimum absolute atomic E-state index is 0.150. The molecule has 2 aliphatic heterocycles. The molecule has 0 aromatic heterocycles. The van der Waals surface area contributed by atoms with Crippen LogP contribution in [0.2, 0.25) is 0 Å². The average molecular weight is 389 g/mol.